The maximum atomic E-state index is 12.9. The lowest BCUT2D eigenvalue weighted by molar-refractivity contribution is 0.385. The average Bonchev–Trinajstić information content (AvgIpc) is 3.18. The van der Waals surface area contributed by atoms with Crippen LogP contribution >= 0.6 is 0 Å². The van der Waals surface area contributed by atoms with Gasteiger partial charge in [-0.2, -0.15) is 4.31 Å². The molecule has 3 heterocycles. The third kappa shape index (κ3) is 5.19. The number of hydrogen-bond acceptors (Lipinski definition) is 5. The number of sulfonamides is 1. The van der Waals surface area contributed by atoms with Gasteiger partial charge in [0, 0.05) is 38.2 Å². The largest absolute Gasteiger partial charge is 0.356 e. The lowest BCUT2D eigenvalue weighted by atomic mass is 10.1. The van der Waals surface area contributed by atoms with Crippen LogP contribution in [0.3, 0.4) is 0 Å². The van der Waals surface area contributed by atoms with Crippen molar-refractivity contribution in [2.45, 2.75) is 78.2 Å². The number of anilines is 1. The third-order valence-corrected chi connectivity index (χ3v) is 7.57. The Hall–Kier alpha value is -1.21. The fourth-order valence-electron chi connectivity index (χ4n) is 4.11. The van der Waals surface area contributed by atoms with Crippen molar-refractivity contribution in [3.8, 4) is 0 Å². The van der Waals surface area contributed by atoms with Gasteiger partial charge >= 0.3 is 0 Å². The number of nitrogens with zero attached hydrogens (tertiary/aromatic N) is 4. The number of rotatable bonds is 9. The average molecular weight is 395 g/mol. The SMILES string of the molecule is CCCCCCCCS(=O)(=O)N1CCc2nc(C)nc(N3CCCC3)c2C1. The van der Waals surface area contributed by atoms with E-state index in [0.717, 1.165) is 55.3 Å². The van der Waals surface area contributed by atoms with Crippen molar-refractivity contribution in [2.75, 3.05) is 30.3 Å². The first-order valence-electron chi connectivity index (χ1n) is 10.6. The molecule has 0 radical (unpaired) electrons. The molecular weight excluding hydrogens is 360 g/mol. The second-order valence-corrected chi connectivity index (χ2v) is 9.97. The van der Waals surface area contributed by atoms with Crippen LogP contribution in [0.5, 0.6) is 0 Å². The number of aryl methyl sites for hydroxylation is 1. The van der Waals surface area contributed by atoms with E-state index in [0.29, 0.717) is 19.5 Å². The zero-order valence-corrected chi connectivity index (χ0v) is 17.7. The highest BCUT2D eigenvalue weighted by molar-refractivity contribution is 7.89. The second kappa shape index (κ2) is 9.32. The highest BCUT2D eigenvalue weighted by Gasteiger charge is 2.31. The molecule has 0 bridgehead atoms. The van der Waals surface area contributed by atoms with E-state index >= 15 is 0 Å². The molecule has 7 heteroatoms. The van der Waals surface area contributed by atoms with Crippen LogP contribution in [-0.2, 0) is 23.0 Å². The van der Waals surface area contributed by atoms with Crippen LogP contribution in [-0.4, -0.2) is 48.1 Å². The van der Waals surface area contributed by atoms with E-state index in [1.165, 1.54) is 32.1 Å². The summed E-state index contributed by atoms with van der Waals surface area (Å²) in [5.74, 6) is 2.02. The lowest BCUT2D eigenvalue weighted by Crippen LogP contribution is -2.39. The van der Waals surface area contributed by atoms with Crippen molar-refractivity contribution in [1.82, 2.24) is 14.3 Å². The van der Waals surface area contributed by atoms with Crippen LogP contribution in [0, 0.1) is 6.92 Å². The summed E-state index contributed by atoms with van der Waals surface area (Å²) < 4.78 is 27.4. The summed E-state index contributed by atoms with van der Waals surface area (Å²) in [5, 5.41) is 0. The van der Waals surface area contributed by atoms with Crippen LogP contribution in [0.1, 0.15) is 75.4 Å². The van der Waals surface area contributed by atoms with Crippen molar-refractivity contribution in [3.63, 3.8) is 0 Å². The Morgan fingerprint density at radius 3 is 2.41 bits per heavy atom. The number of fused-ring (bicyclic) bond motifs is 1. The molecule has 3 rings (SSSR count). The van der Waals surface area contributed by atoms with Crippen LogP contribution < -0.4 is 4.90 Å². The summed E-state index contributed by atoms with van der Waals surface area (Å²) in [5.41, 5.74) is 2.07. The number of aromatic nitrogens is 2. The number of unbranched alkanes of at least 4 members (excludes halogenated alkanes) is 5. The monoisotopic (exact) mass is 394 g/mol. The fraction of sp³-hybridized carbons (Fsp3) is 0.800. The van der Waals surface area contributed by atoms with E-state index < -0.39 is 10.0 Å². The molecule has 0 saturated carbocycles. The zero-order chi connectivity index (χ0) is 19.3. The summed E-state index contributed by atoms with van der Waals surface area (Å²) >= 11 is 0. The first-order valence-corrected chi connectivity index (χ1v) is 12.2. The quantitative estimate of drug-likeness (QED) is 0.600. The smallest absolute Gasteiger partial charge is 0.214 e. The van der Waals surface area contributed by atoms with Crippen LogP contribution in [0.2, 0.25) is 0 Å². The van der Waals surface area contributed by atoms with Crippen molar-refractivity contribution in [2.24, 2.45) is 0 Å². The van der Waals surface area contributed by atoms with Gasteiger partial charge in [-0.15, -0.1) is 0 Å². The van der Waals surface area contributed by atoms with Gasteiger partial charge in [0.15, 0.2) is 0 Å². The van der Waals surface area contributed by atoms with E-state index in [2.05, 4.69) is 21.8 Å². The highest BCUT2D eigenvalue weighted by atomic mass is 32.2. The molecule has 1 aromatic rings. The molecule has 27 heavy (non-hydrogen) atoms. The van der Waals surface area contributed by atoms with Gasteiger partial charge in [0.2, 0.25) is 10.0 Å². The van der Waals surface area contributed by atoms with Crippen molar-refractivity contribution in [1.29, 1.82) is 0 Å². The topological polar surface area (TPSA) is 66.4 Å². The Bertz CT molecular complexity index is 730. The Morgan fingerprint density at radius 2 is 1.67 bits per heavy atom. The molecule has 152 valence electrons. The molecule has 0 aromatic carbocycles. The Labute approximate surface area is 164 Å². The molecule has 0 aliphatic carbocycles. The van der Waals surface area contributed by atoms with E-state index in [9.17, 15) is 8.42 Å². The second-order valence-electron chi connectivity index (χ2n) is 7.88. The van der Waals surface area contributed by atoms with Gasteiger partial charge in [0.25, 0.3) is 0 Å². The Balaban J connectivity index is 1.66. The molecule has 1 fully saturated rings. The van der Waals surface area contributed by atoms with Gasteiger partial charge in [-0.25, -0.2) is 18.4 Å². The van der Waals surface area contributed by atoms with E-state index in [1.54, 1.807) is 4.31 Å². The summed E-state index contributed by atoms with van der Waals surface area (Å²) in [7, 11) is -3.21. The maximum Gasteiger partial charge on any atom is 0.214 e. The maximum absolute atomic E-state index is 12.9. The molecule has 6 nitrogen and oxygen atoms in total. The van der Waals surface area contributed by atoms with E-state index in [1.807, 2.05) is 6.92 Å². The molecular formula is C20H34N4O2S. The summed E-state index contributed by atoms with van der Waals surface area (Å²) in [4.78, 5) is 11.6. The first kappa shape index (κ1) is 20.5. The van der Waals surface area contributed by atoms with E-state index in [-0.39, 0.29) is 5.75 Å². The van der Waals surface area contributed by atoms with E-state index in [4.69, 9.17) is 0 Å². The fourth-order valence-corrected chi connectivity index (χ4v) is 5.64. The minimum absolute atomic E-state index is 0.264. The first-order chi connectivity index (χ1) is 13.0. The summed E-state index contributed by atoms with van der Waals surface area (Å²) in [6.45, 7) is 7.11. The van der Waals surface area contributed by atoms with Crippen molar-refractivity contribution in [3.05, 3.63) is 17.1 Å². The standard InChI is InChI=1S/C20H34N4O2S/c1-3-4-5-6-7-10-15-27(25,26)24-14-11-19-18(16-24)20(22-17(2)21-19)23-12-8-9-13-23/h3-16H2,1-2H3. The minimum Gasteiger partial charge on any atom is -0.356 e. The Kier molecular flexibility index (Phi) is 7.09. The van der Waals surface area contributed by atoms with Crippen molar-refractivity contribution >= 4 is 15.8 Å². The zero-order valence-electron chi connectivity index (χ0n) is 16.9. The summed E-state index contributed by atoms with van der Waals surface area (Å²) in [6, 6.07) is 0. The highest BCUT2D eigenvalue weighted by Crippen LogP contribution is 2.30. The molecule has 0 unspecified atom stereocenters. The van der Waals surface area contributed by atoms with Gasteiger partial charge in [0.1, 0.15) is 11.6 Å². The Morgan fingerprint density at radius 1 is 0.963 bits per heavy atom. The number of hydrogen-bond donors (Lipinski definition) is 0. The molecule has 1 saturated heterocycles. The molecule has 2 aliphatic rings. The van der Waals surface area contributed by atoms with Gasteiger partial charge in [-0.1, -0.05) is 39.0 Å². The molecule has 0 amide bonds. The lowest BCUT2D eigenvalue weighted by Gasteiger charge is -2.31. The van der Waals surface area contributed by atoms with Gasteiger partial charge < -0.3 is 4.90 Å². The molecule has 1 aromatic heterocycles. The van der Waals surface area contributed by atoms with Crippen LogP contribution in [0.25, 0.3) is 0 Å². The third-order valence-electron chi connectivity index (χ3n) is 5.67. The van der Waals surface area contributed by atoms with Crippen LogP contribution in [0.15, 0.2) is 0 Å². The van der Waals surface area contributed by atoms with Crippen molar-refractivity contribution < 1.29 is 8.42 Å². The normalized spacial score (nSPS) is 18.1. The molecule has 0 N–H and O–H groups in total. The predicted molar refractivity (Wildman–Crippen MR) is 109 cm³/mol. The molecule has 2 aliphatic heterocycles. The van der Waals surface area contributed by atoms with Crippen LogP contribution in [0.4, 0.5) is 5.82 Å². The van der Waals surface area contributed by atoms with Gasteiger partial charge in [-0.3, -0.25) is 0 Å². The van der Waals surface area contributed by atoms with Gasteiger partial charge in [-0.05, 0) is 26.2 Å². The predicted octanol–water partition coefficient (Wildman–Crippen LogP) is 3.43. The minimum atomic E-state index is -3.21. The molecule has 0 spiro atoms. The summed E-state index contributed by atoms with van der Waals surface area (Å²) in [6.07, 6.45) is 9.62. The van der Waals surface area contributed by atoms with Gasteiger partial charge in [0.05, 0.1) is 11.4 Å². The molecule has 0 atom stereocenters.